The molecule has 27 heavy (non-hydrogen) atoms. The number of benzene rings is 1. The van der Waals surface area contributed by atoms with E-state index in [0.717, 1.165) is 5.56 Å². The zero-order chi connectivity index (χ0) is 19.4. The van der Waals surface area contributed by atoms with Gasteiger partial charge in [0.15, 0.2) is 0 Å². The molecule has 144 valence electrons. The van der Waals surface area contributed by atoms with Gasteiger partial charge >= 0.3 is 0 Å². The number of anilines is 1. The second-order valence-corrected chi connectivity index (χ2v) is 6.69. The Morgan fingerprint density at radius 3 is 2.89 bits per heavy atom. The van der Waals surface area contributed by atoms with Crippen LogP contribution in [-0.2, 0) is 20.9 Å². The van der Waals surface area contributed by atoms with E-state index in [9.17, 15) is 14.0 Å². The van der Waals surface area contributed by atoms with Gasteiger partial charge in [0.05, 0.1) is 31.0 Å². The van der Waals surface area contributed by atoms with E-state index in [1.54, 1.807) is 49.5 Å². The van der Waals surface area contributed by atoms with E-state index in [0.29, 0.717) is 25.5 Å². The summed E-state index contributed by atoms with van der Waals surface area (Å²) in [5.74, 6) is -0.730. The third kappa shape index (κ3) is 4.36. The first-order valence-electron chi connectivity index (χ1n) is 8.86. The molecule has 0 N–H and O–H groups in total. The van der Waals surface area contributed by atoms with Gasteiger partial charge in [-0.05, 0) is 36.8 Å². The van der Waals surface area contributed by atoms with Crippen molar-refractivity contribution in [1.82, 2.24) is 4.90 Å². The number of hydrogen-bond acceptors (Lipinski definition) is 4. The van der Waals surface area contributed by atoms with Crippen LogP contribution in [0.15, 0.2) is 41.0 Å². The number of furan rings is 1. The molecule has 1 atom stereocenters. The molecule has 1 fully saturated rings. The number of halogens is 1. The quantitative estimate of drug-likeness (QED) is 0.748. The number of methoxy groups -OCH3 is 1. The van der Waals surface area contributed by atoms with Gasteiger partial charge in [-0.2, -0.15) is 0 Å². The number of hydrogen-bond donors (Lipinski definition) is 0. The van der Waals surface area contributed by atoms with Gasteiger partial charge in [-0.25, -0.2) is 4.39 Å². The average Bonchev–Trinajstić information content (AvgIpc) is 3.28. The van der Waals surface area contributed by atoms with Gasteiger partial charge in [0.1, 0.15) is 11.6 Å². The highest BCUT2D eigenvalue weighted by molar-refractivity contribution is 6.00. The maximum atomic E-state index is 14.3. The molecule has 7 heteroatoms. The molecule has 0 saturated carbocycles. The van der Waals surface area contributed by atoms with Gasteiger partial charge in [0.25, 0.3) is 0 Å². The number of ether oxygens (including phenoxy) is 1. The van der Waals surface area contributed by atoms with E-state index >= 15 is 0 Å². The van der Waals surface area contributed by atoms with Gasteiger partial charge in [-0.3, -0.25) is 9.59 Å². The molecule has 6 nitrogen and oxygen atoms in total. The lowest BCUT2D eigenvalue weighted by molar-refractivity contribution is -0.137. The Morgan fingerprint density at radius 1 is 1.41 bits per heavy atom. The highest BCUT2D eigenvalue weighted by Gasteiger charge is 2.38. The maximum Gasteiger partial charge on any atom is 0.228 e. The van der Waals surface area contributed by atoms with E-state index < -0.39 is 11.7 Å². The van der Waals surface area contributed by atoms with Gasteiger partial charge in [-0.15, -0.1) is 0 Å². The van der Waals surface area contributed by atoms with Crippen LogP contribution in [-0.4, -0.2) is 43.5 Å². The van der Waals surface area contributed by atoms with Crippen LogP contribution >= 0.6 is 0 Å². The molecule has 1 aliphatic rings. The van der Waals surface area contributed by atoms with Crippen LogP contribution < -0.4 is 4.90 Å². The lowest BCUT2D eigenvalue weighted by Gasteiger charge is -2.24. The molecule has 1 saturated heterocycles. The fraction of sp³-hybridized carbons (Fsp3) is 0.400. The smallest absolute Gasteiger partial charge is 0.228 e. The van der Waals surface area contributed by atoms with Crippen molar-refractivity contribution in [3.8, 4) is 0 Å². The molecule has 2 aromatic rings. The second-order valence-electron chi connectivity index (χ2n) is 6.69. The van der Waals surface area contributed by atoms with Crippen LogP contribution in [0.5, 0.6) is 0 Å². The Hall–Kier alpha value is -2.67. The molecule has 2 heterocycles. The molecular weight excluding hydrogens is 351 g/mol. The lowest BCUT2D eigenvalue weighted by atomic mass is 10.1. The summed E-state index contributed by atoms with van der Waals surface area (Å²) in [4.78, 5) is 28.4. The summed E-state index contributed by atoms with van der Waals surface area (Å²) in [5.41, 5.74) is 0.995. The maximum absolute atomic E-state index is 14.3. The summed E-state index contributed by atoms with van der Waals surface area (Å²) >= 11 is 0. The number of rotatable bonds is 7. The summed E-state index contributed by atoms with van der Waals surface area (Å²) in [6, 6.07) is 8.28. The number of carbonyl (C=O) groups is 2. The van der Waals surface area contributed by atoms with Crippen molar-refractivity contribution in [1.29, 1.82) is 0 Å². The summed E-state index contributed by atoms with van der Waals surface area (Å²) < 4.78 is 24.7. The third-order valence-electron chi connectivity index (χ3n) is 4.67. The molecule has 0 radical (unpaired) electrons. The van der Waals surface area contributed by atoms with Crippen LogP contribution in [0, 0.1) is 18.7 Å². The minimum atomic E-state index is -0.523. The predicted molar refractivity (Wildman–Crippen MR) is 97.6 cm³/mol. The predicted octanol–water partition coefficient (Wildman–Crippen LogP) is 2.76. The van der Waals surface area contributed by atoms with Crippen molar-refractivity contribution in [3.05, 3.63) is 53.7 Å². The normalized spacial score (nSPS) is 16.8. The molecule has 3 rings (SSSR count). The highest BCUT2D eigenvalue weighted by Crippen LogP contribution is 2.29. The Kier molecular flexibility index (Phi) is 5.91. The van der Waals surface area contributed by atoms with Gasteiger partial charge < -0.3 is 19.0 Å². The van der Waals surface area contributed by atoms with Crippen molar-refractivity contribution in [3.63, 3.8) is 0 Å². The summed E-state index contributed by atoms with van der Waals surface area (Å²) in [6.45, 7) is 3.02. The Balaban J connectivity index is 1.74. The van der Waals surface area contributed by atoms with Crippen LogP contribution in [0.4, 0.5) is 10.1 Å². The van der Waals surface area contributed by atoms with E-state index in [4.69, 9.17) is 9.15 Å². The SMILES string of the molecule is COCCN(Cc1ccco1)C(=O)C1CC(=O)N(c2ccc(C)cc2F)C1. The first-order valence-corrected chi connectivity index (χ1v) is 8.86. The largest absolute Gasteiger partial charge is 0.467 e. The molecule has 1 aliphatic heterocycles. The lowest BCUT2D eigenvalue weighted by Crippen LogP contribution is -2.39. The number of nitrogens with zero attached hydrogens (tertiary/aromatic N) is 2. The van der Waals surface area contributed by atoms with Gasteiger partial charge in [0, 0.05) is 26.6 Å². The number of carbonyl (C=O) groups excluding carboxylic acids is 2. The molecule has 2 amide bonds. The van der Waals surface area contributed by atoms with Crippen molar-refractivity contribution >= 4 is 17.5 Å². The third-order valence-corrected chi connectivity index (χ3v) is 4.67. The van der Waals surface area contributed by atoms with E-state index in [-0.39, 0.29) is 30.5 Å². The standard InChI is InChI=1S/C20H23FN2O4/c1-14-5-6-18(17(21)10-14)23-12-15(11-19(23)24)20(25)22(7-9-26-2)13-16-4-3-8-27-16/h3-6,8,10,15H,7,9,11-13H2,1-2H3. The fourth-order valence-electron chi connectivity index (χ4n) is 3.25. The topological polar surface area (TPSA) is 63.0 Å². The fourth-order valence-corrected chi connectivity index (χ4v) is 3.25. The van der Waals surface area contributed by atoms with Crippen molar-refractivity contribution in [2.75, 3.05) is 31.7 Å². The molecule has 0 spiro atoms. The summed E-state index contributed by atoms with van der Waals surface area (Å²) in [6.07, 6.45) is 1.61. The van der Waals surface area contributed by atoms with Gasteiger partial charge in [0.2, 0.25) is 11.8 Å². The first kappa shape index (κ1) is 19.1. The zero-order valence-electron chi connectivity index (χ0n) is 15.5. The van der Waals surface area contributed by atoms with E-state index in [1.165, 1.54) is 11.0 Å². The monoisotopic (exact) mass is 374 g/mol. The molecular formula is C20H23FN2O4. The van der Waals surface area contributed by atoms with Crippen LogP contribution in [0.2, 0.25) is 0 Å². The van der Waals surface area contributed by atoms with E-state index in [1.807, 2.05) is 0 Å². The van der Waals surface area contributed by atoms with Crippen molar-refractivity contribution < 1.29 is 23.1 Å². The molecule has 0 aliphatic carbocycles. The minimum Gasteiger partial charge on any atom is -0.467 e. The average molecular weight is 374 g/mol. The van der Waals surface area contributed by atoms with Crippen LogP contribution in [0.25, 0.3) is 0 Å². The minimum absolute atomic E-state index is 0.0633. The molecule has 1 unspecified atom stereocenters. The Labute approximate surface area is 157 Å². The van der Waals surface area contributed by atoms with Crippen molar-refractivity contribution in [2.45, 2.75) is 19.9 Å². The zero-order valence-corrected chi connectivity index (χ0v) is 15.5. The van der Waals surface area contributed by atoms with Gasteiger partial charge in [-0.1, -0.05) is 6.07 Å². The summed E-state index contributed by atoms with van der Waals surface area (Å²) in [7, 11) is 1.57. The Morgan fingerprint density at radius 2 is 2.22 bits per heavy atom. The highest BCUT2D eigenvalue weighted by atomic mass is 19.1. The Bertz CT molecular complexity index is 806. The van der Waals surface area contributed by atoms with Crippen molar-refractivity contribution in [2.24, 2.45) is 5.92 Å². The molecule has 1 aromatic heterocycles. The van der Waals surface area contributed by atoms with Crippen LogP contribution in [0.1, 0.15) is 17.7 Å². The summed E-state index contributed by atoms with van der Waals surface area (Å²) in [5, 5.41) is 0. The molecule has 1 aromatic carbocycles. The van der Waals surface area contributed by atoms with Crippen LogP contribution in [0.3, 0.4) is 0 Å². The molecule has 0 bridgehead atoms. The first-order chi connectivity index (χ1) is 13.0. The number of aryl methyl sites for hydroxylation is 1. The van der Waals surface area contributed by atoms with E-state index in [2.05, 4.69) is 0 Å². The number of amides is 2. The second kappa shape index (κ2) is 8.35.